The van der Waals surface area contributed by atoms with E-state index in [4.69, 9.17) is 4.74 Å². The number of aliphatic hydroxyl groups is 1. The Hall–Kier alpha value is -2.57. The van der Waals surface area contributed by atoms with Gasteiger partial charge in [-0.3, -0.25) is 4.79 Å². The lowest BCUT2D eigenvalue weighted by molar-refractivity contribution is 0.0172. The van der Waals surface area contributed by atoms with E-state index in [1.54, 1.807) is 30.3 Å². The molecular weight excluding hydrogens is 323 g/mol. The van der Waals surface area contributed by atoms with Crippen LogP contribution in [0.25, 0.3) is 10.8 Å². The molecule has 0 radical (unpaired) electrons. The Morgan fingerprint density at radius 1 is 1.16 bits per heavy atom. The average molecular weight is 342 g/mol. The Morgan fingerprint density at radius 2 is 1.84 bits per heavy atom. The molecule has 0 spiro atoms. The normalized spacial score (nSPS) is 12.4. The maximum Gasteiger partial charge on any atom is 0.274 e. The molecular formula is C19H19FN2O3. The number of halogens is 1. The molecule has 0 aliphatic carbocycles. The summed E-state index contributed by atoms with van der Waals surface area (Å²) in [5.74, 6) is -0.347. The van der Waals surface area contributed by atoms with Crippen LogP contribution in [0.15, 0.2) is 53.3 Å². The molecule has 0 aliphatic heterocycles. The second kappa shape index (κ2) is 7.55. The third-order valence-electron chi connectivity index (χ3n) is 3.96. The Labute approximate surface area is 144 Å². The average Bonchev–Trinajstić information content (AvgIpc) is 2.61. The number of hydrogen-bond acceptors (Lipinski definition) is 4. The van der Waals surface area contributed by atoms with Crippen LogP contribution in [-0.2, 0) is 17.9 Å². The van der Waals surface area contributed by atoms with Gasteiger partial charge >= 0.3 is 0 Å². The summed E-state index contributed by atoms with van der Waals surface area (Å²) in [7, 11) is 0. The first-order chi connectivity index (χ1) is 12.1. The van der Waals surface area contributed by atoms with Gasteiger partial charge in [0, 0.05) is 10.9 Å². The van der Waals surface area contributed by atoms with Crippen molar-refractivity contribution in [2.24, 2.45) is 0 Å². The van der Waals surface area contributed by atoms with Crippen LogP contribution in [0, 0.1) is 12.7 Å². The molecule has 1 N–H and O–H groups in total. The van der Waals surface area contributed by atoms with Gasteiger partial charge in [-0.05, 0) is 19.1 Å². The molecule has 130 valence electrons. The first-order valence-corrected chi connectivity index (χ1v) is 8.02. The standard InChI is InChI=1S/C19H19FN2O3/c1-13-16-7-3-4-8-17(16)19(24)22(21-13)10-15(23)12-25-11-14-6-2-5-9-18(14)20/h2-9,15,23H,10-12H2,1H3. The lowest BCUT2D eigenvalue weighted by atomic mass is 10.1. The summed E-state index contributed by atoms with van der Waals surface area (Å²) in [5.41, 5.74) is 0.885. The SMILES string of the molecule is Cc1nn(CC(O)COCc2ccccc2F)c(=O)c2ccccc12. The quantitative estimate of drug-likeness (QED) is 0.747. The number of rotatable bonds is 6. The highest BCUT2D eigenvalue weighted by molar-refractivity contribution is 5.83. The maximum atomic E-state index is 13.5. The minimum Gasteiger partial charge on any atom is -0.389 e. The van der Waals surface area contributed by atoms with E-state index in [9.17, 15) is 14.3 Å². The summed E-state index contributed by atoms with van der Waals surface area (Å²) in [6.45, 7) is 1.87. The molecule has 1 aromatic heterocycles. The number of ether oxygens (including phenoxy) is 1. The first-order valence-electron chi connectivity index (χ1n) is 8.02. The fourth-order valence-corrected chi connectivity index (χ4v) is 2.70. The van der Waals surface area contributed by atoms with Crippen molar-refractivity contribution in [1.82, 2.24) is 9.78 Å². The molecule has 25 heavy (non-hydrogen) atoms. The van der Waals surface area contributed by atoms with Gasteiger partial charge in [0.15, 0.2) is 0 Å². The molecule has 0 aliphatic rings. The number of hydrogen-bond donors (Lipinski definition) is 1. The van der Waals surface area contributed by atoms with Gasteiger partial charge in [0.25, 0.3) is 5.56 Å². The van der Waals surface area contributed by atoms with Crippen LogP contribution in [0.3, 0.4) is 0 Å². The second-order valence-corrected chi connectivity index (χ2v) is 5.88. The number of aromatic nitrogens is 2. The molecule has 1 atom stereocenters. The molecule has 0 saturated heterocycles. The van der Waals surface area contributed by atoms with Crippen molar-refractivity contribution in [3.63, 3.8) is 0 Å². The third kappa shape index (κ3) is 3.92. The molecule has 2 aromatic carbocycles. The van der Waals surface area contributed by atoms with Crippen LogP contribution in [0.2, 0.25) is 0 Å². The van der Waals surface area contributed by atoms with Gasteiger partial charge < -0.3 is 9.84 Å². The van der Waals surface area contributed by atoms with Crippen LogP contribution < -0.4 is 5.56 Å². The predicted octanol–water partition coefficient (Wildman–Crippen LogP) is 2.42. The summed E-state index contributed by atoms with van der Waals surface area (Å²) in [6.07, 6.45) is -0.919. The monoisotopic (exact) mass is 342 g/mol. The Bertz CT molecular complexity index is 939. The van der Waals surface area contributed by atoms with E-state index in [1.807, 2.05) is 19.1 Å². The molecule has 3 aromatic rings. The van der Waals surface area contributed by atoms with Crippen molar-refractivity contribution in [2.75, 3.05) is 6.61 Å². The smallest absolute Gasteiger partial charge is 0.274 e. The Morgan fingerprint density at radius 3 is 2.60 bits per heavy atom. The van der Waals surface area contributed by atoms with Crippen molar-refractivity contribution >= 4 is 10.8 Å². The van der Waals surface area contributed by atoms with E-state index >= 15 is 0 Å². The topological polar surface area (TPSA) is 64.3 Å². The van der Waals surface area contributed by atoms with Crippen LogP contribution in [0.1, 0.15) is 11.3 Å². The van der Waals surface area contributed by atoms with E-state index in [0.29, 0.717) is 10.9 Å². The van der Waals surface area contributed by atoms with Crippen LogP contribution >= 0.6 is 0 Å². The van der Waals surface area contributed by atoms with E-state index in [2.05, 4.69) is 5.10 Å². The zero-order valence-electron chi connectivity index (χ0n) is 13.9. The molecule has 3 rings (SSSR count). The zero-order chi connectivity index (χ0) is 17.8. The summed E-state index contributed by atoms with van der Waals surface area (Å²) in [4.78, 5) is 12.5. The Kier molecular flexibility index (Phi) is 5.21. The molecule has 1 heterocycles. The molecule has 0 amide bonds. The Balaban J connectivity index is 1.66. The number of aliphatic hydroxyl groups excluding tert-OH is 1. The lowest BCUT2D eigenvalue weighted by Crippen LogP contribution is -2.31. The van der Waals surface area contributed by atoms with Crippen molar-refractivity contribution in [3.8, 4) is 0 Å². The first kappa shape index (κ1) is 17.3. The molecule has 6 heteroatoms. The molecule has 0 saturated carbocycles. The summed E-state index contributed by atoms with van der Waals surface area (Å²) in [5, 5.41) is 15.7. The maximum absolute atomic E-state index is 13.5. The molecule has 5 nitrogen and oxygen atoms in total. The molecule has 0 bridgehead atoms. The fourth-order valence-electron chi connectivity index (χ4n) is 2.70. The fraction of sp³-hybridized carbons (Fsp3) is 0.263. The number of aryl methyl sites for hydroxylation is 1. The van der Waals surface area contributed by atoms with E-state index < -0.39 is 6.10 Å². The van der Waals surface area contributed by atoms with Gasteiger partial charge in [-0.25, -0.2) is 9.07 Å². The summed E-state index contributed by atoms with van der Waals surface area (Å²) >= 11 is 0. The number of nitrogens with zero attached hydrogens (tertiary/aromatic N) is 2. The van der Waals surface area contributed by atoms with Gasteiger partial charge in [0.05, 0.1) is 36.9 Å². The highest BCUT2D eigenvalue weighted by atomic mass is 19.1. The highest BCUT2D eigenvalue weighted by Crippen LogP contribution is 2.12. The van der Waals surface area contributed by atoms with Gasteiger partial charge in [-0.1, -0.05) is 36.4 Å². The van der Waals surface area contributed by atoms with Gasteiger partial charge in [0.1, 0.15) is 5.82 Å². The van der Waals surface area contributed by atoms with Crippen LogP contribution in [0.4, 0.5) is 4.39 Å². The van der Waals surface area contributed by atoms with E-state index in [1.165, 1.54) is 10.7 Å². The van der Waals surface area contributed by atoms with E-state index in [-0.39, 0.29) is 31.1 Å². The second-order valence-electron chi connectivity index (χ2n) is 5.88. The number of benzene rings is 2. The zero-order valence-corrected chi connectivity index (χ0v) is 13.9. The minimum atomic E-state index is -0.919. The third-order valence-corrected chi connectivity index (χ3v) is 3.96. The number of fused-ring (bicyclic) bond motifs is 1. The molecule has 1 unspecified atom stereocenters. The van der Waals surface area contributed by atoms with Gasteiger partial charge in [0.2, 0.25) is 0 Å². The van der Waals surface area contributed by atoms with Crippen LogP contribution in [-0.4, -0.2) is 27.6 Å². The van der Waals surface area contributed by atoms with Crippen molar-refractivity contribution in [2.45, 2.75) is 26.2 Å². The highest BCUT2D eigenvalue weighted by Gasteiger charge is 2.12. The summed E-state index contributed by atoms with van der Waals surface area (Å²) < 4.78 is 20.1. The molecule has 0 fully saturated rings. The van der Waals surface area contributed by atoms with Crippen LogP contribution in [0.5, 0.6) is 0 Å². The lowest BCUT2D eigenvalue weighted by Gasteiger charge is -2.14. The van der Waals surface area contributed by atoms with E-state index in [0.717, 1.165) is 11.1 Å². The minimum absolute atomic E-state index is 0.0157. The van der Waals surface area contributed by atoms with Gasteiger partial charge in [-0.2, -0.15) is 5.10 Å². The largest absolute Gasteiger partial charge is 0.389 e. The van der Waals surface area contributed by atoms with Gasteiger partial charge in [-0.15, -0.1) is 0 Å². The predicted molar refractivity (Wildman–Crippen MR) is 92.8 cm³/mol. The van der Waals surface area contributed by atoms with Crippen molar-refractivity contribution < 1.29 is 14.2 Å². The van der Waals surface area contributed by atoms with Crippen molar-refractivity contribution in [3.05, 3.63) is 76.0 Å². The summed E-state index contributed by atoms with van der Waals surface area (Å²) in [6, 6.07) is 13.5. The van der Waals surface area contributed by atoms with Crippen molar-refractivity contribution in [1.29, 1.82) is 0 Å².